The molecule has 0 saturated carbocycles. The average molecular weight is 302 g/mol. The van der Waals surface area contributed by atoms with Crippen molar-refractivity contribution in [2.45, 2.75) is 24.1 Å². The van der Waals surface area contributed by atoms with Crippen molar-refractivity contribution in [1.29, 1.82) is 0 Å². The lowest BCUT2D eigenvalue weighted by Crippen LogP contribution is -2.16. The summed E-state index contributed by atoms with van der Waals surface area (Å²) in [5.74, 6) is 0.325. The molecule has 0 aromatic heterocycles. The van der Waals surface area contributed by atoms with Crippen LogP contribution in [0.2, 0.25) is 0 Å². The fraction of sp³-hybridized carbons (Fsp3) is 0.294. The zero-order chi connectivity index (χ0) is 15.4. The smallest absolute Gasteiger partial charge is 0.116 e. The summed E-state index contributed by atoms with van der Waals surface area (Å²) in [4.78, 5) is 3.37. The highest BCUT2D eigenvalue weighted by molar-refractivity contribution is 8.00. The number of rotatable bonds is 2. The van der Waals surface area contributed by atoms with E-state index in [0.29, 0.717) is 5.75 Å². The predicted molar refractivity (Wildman–Crippen MR) is 92.4 cm³/mol. The largest absolute Gasteiger partial charge is 0.508 e. The van der Waals surface area contributed by atoms with Gasteiger partial charge in [0, 0.05) is 24.7 Å². The molecule has 0 spiro atoms. The number of anilines is 2. The molecule has 1 atom stereocenters. The first-order valence-corrected chi connectivity index (χ1v) is 8.07. The second-order valence-electron chi connectivity index (χ2n) is 4.61. The highest BCUT2D eigenvalue weighted by Gasteiger charge is 2.28. The van der Waals surface area contributed by atoms with Crippen molar-refractivity contribution in [2.24, 2.45) is 0 Å². The molecule has 21 heavy (non-hydrogen) atoms. The summed E-state index contributed by atoms with van der Waals surface area (Å²) < 4.78 is 0. The van der Waals surface area contributed by atoms with E-state index in [-0.39, 0.29) is 5.37 Å². The van der Waals surface area contributed by atoms with Gasteiger partial charge in [0.15, 0.2) is 0 Å². The van der Waals surface area contributed by atoms with Crippen molar-refractivity contribution in [3.63, 3.8) is 0 Å². The van der Waals surface area contributed by atoms with Crippen LogP contribution in [0.4, 0.5) is 11.4 Å². The Bertz CT molecular complexity index is 598. The summed E-state index contributed by atoms with van der Waals surface area (Å²) >= 11 is 1.77. The number of hydrogen-bond donors (Lipinski definition) is 2. The van der Waals surface area contributed by atoms with Crippen molar-refractivity contribution >= 4 is 23.1 Å². The highest BCUT2D eigenvalue weighted by atomic mass is 32.2. The zero-order valence-corrected chi connectivity index (χ0v) is 13.7. The first-order chi connectivity index (χ1) is 10.2. The molecule has 1 unspecified atom stereocenters. The van der Waals surface area contributed by atoms with Gasteiger partial charge in [-0.05, 0) is 35.9 Å². The van der Waals surface area contributed by atoms with Gasteiger partial charge in [0.2, 0.25) is 0 Å². The Balaban J connectivity index is 0.000000774. The molecule has 1 heterocycles. The van der Waals surface area contributed by atoms with Gasteiger partial charge in [0.25, 0.3) is 0 Å². The van der Waals surface area contributed by atoms with Gasteiger partial charge in [-0.15, -0.1) is 0 Å². The summed E-state index contributed by atoms with van der Waals surface area (Å²) in [6.45, 7) is 4.00. The molecule has 0 bridgehead atoms. The van der Waals surface area contributed by atoms with E-state index in [2.05, 4.69) is 41.5 Å². The average Bonchev–Trinajstić information content (AvgIpc) is 2.85. The number of phenolic OH excluding ortho intramolecular Hbond substituents is 1. The van der Waals surface area contributed by atoms with Crippen LogP contribution in [-0.4, -0.2) is 19.2 Å². The quantitative estimate of drug-likeness (QED) is 0.843. The Hall–Kier alpha value is -1.81. The summed E-state index contributed by atoms with van der Waals surface area (Å²) in [6, 6.07) is 14.0. The normalized spacial score (nSPS) is 16.0. The van der Waals surface area contributed by atoms with Gasteiger partial charge < -0.3 is 15.3 Å². The molecule has 3 nitrogen and oxygen atoms in total. The van der Waals surface area contributed by atoms with E-state index in [1.165, 1.54) is 11.3 Å². The van der Waals surface area contributed by atoms with Crippen molar-refractivity contribution < 1.29 is 5.11 Å². The van der Waals surface area contributed by atoms with E-state index in [1.54, 1.807) is 17.8 Å². The van der Waals surface area contributed by atoms with Crippen molar-refractivity contribution in [3.05, 3.63) is 48.0 Å². The molecule has 1 aliphatic rings. The summed E-state index contributed by atoms with van der Waals surface area (Å²) in [5.41, 5.74) is 3.55. The number of thioether (sulfide) groups is 1. The topological polar surface area (TPSA) is 35.5 Å². The molecular formula is C17H22N2OS. The maximum atomic E-state index is 9.57. The first-order valence-electron chi connectivity index (χ1n) is 7.19. The van der Waals surface area contributed by atoms with Gasteiger partial charge in [-0.25, -0.2) is 0 Å². The molecule has 0 saturated heterocycles. The van der Waals surface area contributed by atoms with Crippen LogP contribution >= 0.6 is 11.8 Å². The number of aromatic hydroxyl groups is 1. The lowest BCUT2D eigenvalue weighted by atomic mass is 10.2. The van der Waals surface area contributed by atoms with Gasteiger partial charge in [-0.1, -0.05) is 37.7 Å². The lowest BCUT2D eigenvalue weighted by molar-refractivity contribution is 0.474. The van der Waals surface area contributed by atoms with Crippen LogP contribution in [0.15, 0.2) is 47.4 Å². The molecule has 2 aromatic rings. The van der Waals surface area contributed by atoms with Gasteiger partial charge in [-0.3, -0.25) is 0 Å². The molecule has 3 rings (SSSR count). The van der Waals surface area contributed by atoms with Crippen LogP contribution in [-0.2, 0) is 0 Å². The van der Waals surface area contributed by atoms with Crippen LogP contribution in [0.3, 0.4) is 0 Å². The number of nitrogens with zero attached hydrogens (tertiary/aromatic N) is 1. The fourth-order valence-electron chi connectivity index (χ4n) is 2.32. The van der Waals surface area contributed by atoms with Crippen molar-refractivity contribution in [1.82, 2.24) is 0 Å². The van der Waals surface area contributed by atoms with Crippen LogP contribution in [0.25, 0.3) is 0 Å². The van der Waals surface area contributed by atoms with Crippen molar-refractivity contribution in [2.75, 3.05) is 24.3 Å². The van der Waals surface area contributed by atoms with E-state index in [0.717, 1.165) is 10.6 Å². The van der Waals surface area contributed by atoms with Crippen LogP contribution in [0.5, 0.6) is 5.75 Å². The first kappa shape index (κ1) is 15.6. The number of benzene rings is 2. The third-order valence-electron chi connectivity index (χ3n) is 3.40. The molecule has 112 valence electrons. The minimum Gasteiger partial charge on any atom is -0.508 e. The minimum absolute atomic E-state index is 0.266. The molecule has 1 aliphatic heterocycles. The summed E-state index contributed by atoms with van der Waals surface area (Å²) in [7, 11) is 4.01. The predicted octanol–water partition coefficient (Wildman–Crippen LogP) is 4.70. The van der Waals surface area contributed by atoms with E-state index in [1.807, 2.05) is 33.0 Å². The fourth-order valence-corrected chi connectivity index (χ4v) is 3.65. The Morgan fingerprint density at radius 1 is 1.10 bits per heavy atom. The molecule has 2 aromatic carbocycles. The molecule has 4 heteroatoms. The zero-order valence-electron chi connectivity index (χ0n) is 12.9. The van der Waals surface area contributed by atoms with Gasteiger partial charge in [-0.2, -0.15) is 0 Å². The SMILES string of the molecule is CC.CNc1ccc(C2Sc3cc(O)ccc3N2C)cc1. The van der Waals surface area contributed by atoms with Gasteiger partial charge >= 0.3 is 0 Å². The number of hydrogen-bond acceptors (Lipinski definition) is 4. The van der Waals surface area contributed by atoms with Crippen LogP contribution in [0, 0.1) is 0 Å². The van der Waals surface area contributed by atoms with Crippen molar-refractivity contribution in [3.8, 4) is 5.75 Å². The monoisotopic (exact) mass is 302 g/mol. The molecule has 0 radical (unpaired) electrons. The Labute approximate surface area is 131 Å². The molecule has 0 fully saturated rings. The third kappa shape index (κ3) is 3.10. The maximum Gasteiger partial charge on any atom is 0.116 e. The standard InChI is InChI=1S/C15H16N2OS.C2H6/c1-16-11-5-3-10(4-6-11)15-17(2)13-8-7-12(18)9-14(13)19-15;1-2/h3-9,15-16,18H,1-2H3;1-2H3. The van der Waals surface area contributed by atoms with Gasteiger partial charge in [0.05, 0.1) is 5.69 Å². The Kier molecular flexibility index (Phi) is 5.02. The Morgan fingerprint density at radius 2 is 1.76 bits per heavy atom. The van der Waals surface area contributed by atoms with E-state index < -0.39 is 0 Å². The summed E-state index contributed by atoms with van der Waals surface area (Å²) in [5, 5.41) is 13.0. The second-order valence-corrected chi connectivity index (χ2v) is 5.73. The highest BCUT2D eigenvalue weighted by Crippen LogP contribution is 2.51. The van der Waals surface area contributed by atoms with Gasteiger partial charge in [0.1, 0.15) is 11.1 Å². The van der Waals surface area contributed by atoms with E-state index >= 15 is 0 Å². The maximum absolute atomic E-state index is 9.57. The molecule has 0 amide bonds. The molecule has 0 aliphatic carbocycles. The number of phenols is 1. The third-order valence-corrected chi connectivity index (χ3v) is 4.79. The van der Waals surface area contributed by atoms with E-state index in [4.69, 9.17) is 0 Å². The van der Waals surface area contributed by atoms with Crippen LogP contribution < -0.4 is 10.2 Å². The minimum atomic E-state index is 0.266. The lowest BCUT2D eigenvalue weighted by Gasteiger charge is -2.22. The molecule has 2 N–H and O–H groups in total. The second kappa shape index (κ2) is 6.76. The van der Waals surface area contributed by atoms with Crippen LogP contribution in [0.1, 0.15) is 24.8 Å². The Morgan fingerprint density at radius 3 is 2.38 bits per heavy atom. The number of nitrogens with one attached hydrogen (secondary N) is 1. The number of fused-ring (bicyclic) bond motifs is 1. The summed E-state index contributed by atoms with van der Waals surface area (Å²) in [6.07, 6.45) is 0. The van der Waals surface area contributed by atoms with E-state index in [9.17, 15) is 5.11 Å². The molecular weight excluding hydrogens is 280 g/mol.